The van der Waals surface area contributed by atoms with Crippen molar-refractivity contribution >= 4 is 24.1 Å². The SMILES string of the molecule is O=C[C@H](C(=O)O)N1C(=O)c2ccccc2C1=O. The van der Waals surface area contributed by atoms with Gasteiger partial charge in [-0.15, -0.1) is 0 Å². The van der Waals surface area contributed by atoms with Crippen molar-refractivity contribution in [3.05, 3.63) is 35.4 Å². The molecular formula is C11H7NO5. The molecule has 2 rings (SSSR count). The molecule has 0 saturated heterocycles. The van der Waals surface area contributed by atoms with Crippen LogP contribution in [0.15, 0.2) is 24.3 Å². The van der Waals surface area contributed by atoms with E-state index in [-0.39, 0.29) is 17.4 Å². The molecule has 0 radical (unpaired) electrons. The van der Waals surface area contributed by atoms with E-state index in [0.717, 1.165) is 0 Å². The fourth-order valence-corrected chi connectivity index (χ4v) is 1.69. The third-order valence-electron chi connectivity index (χ3n) is 2.49. The Labute approximate surface area is 95.5 Å². The largest absolute Gasteiger partial charge is 0.479 e. The topological polar surface area (TPSA) is 91.8 Å². The van der Waals surface area contributed by atoms with Crippen molar-refractivity contribution in [3.63, 3.8) is 0 Å². The second kappa shape index (κ2) is 3.82. The summed E-state index contributed by atoms with van der Waals surface area (Å²) < 4.78 is 0. The number of carbonyl (C=O) groups excluding carboxylic acids is 3. The number of rotatable bonds is 3. The number of hydrogen-bond acceptors (Lipinski definition) is 4. The van der Waals surface area contributed by atoms with Gasteiger partial charge in [-0.25, -0.2) is 4.79 Å². The van der Waals surface area contributed by atoms with Crippen LogP contribution in [0.25, 0.3) is 0 Å². The number of carboxylic acid groups (broad SMARTS) is 1. The number of benzene rings is 1. The summed E-state index contributed by atoms with van der Waals surface area (Å²) in [6.45, 7) is 0. The standard InChI is InChI=1S/C11H7NO5/c13-5-8(11(16)17)12-9(14)6-3-1-2-4-7(6)10(12)15/h1-5,8H,(H,16,17)/t8-/m1/s1. The van der Waals surface area contributed by atoms with Crippen molar-refractivity contribution in [2.45, 2.75) is 6.04 Å². The first kappa shape index (κ1) is 11.0. The maximum absolute atomic E-state index is 11.8. The molecule has 17 heavy (non-hydrogen) atoms. The molecule has 1 heterocycles. The lowest BCUT2D eigenvalue weighted by Crippen LogP contribution is -2.45. The van der Waals surface area contributed by atoms with Gasteiger partial charge in [-0.05, 0) is 12.1 Å². The van der Waals surface area contributed by atoms with Gasteiger partial charge in [0, 0.05) is 0 Å². The zero-order valence-corrected chi connectivity index (χ0v) is 8.49. The Morgan fingerprint density at radius 2 is 1.65 bits per heavy atom. The van der Waals surface area contributed by atoms with Crippen LogP contribution in [0, 0.1) is 0 Å². The first-order valence-electron chi connectivity index (χ1n) is 4.73. The van der Waals surface area contributed by atoms with Crippen LogP contribution in [0.4, 0.5) is 0 Å². The Hall–Kier alpha value is -2.50. The molecule has 0 spiro atoms. The monoisotopic (exact) mass is 233 g/mol. The van der Waals surface area contributed by atoms with Gasteiger partial charge in [-0.3, -0.25) is 14.5 Å². The molecule has 0 saturated carbocycles. The minimum atomic E-state index is -1.78. The van der Waals surface area contributed by atoms with Crippen LogP contribution in [-0.2, 0) is 9.59 Å². The van der Waals surface area contributed by atoms with Crippen molar-refractivity contribution in [1.29, 1.82) is 0 Å². The summed E-state index contributed by atoms with van der Waals surface area (Å²) in [6.07, 6.45) is 0.0595. The second-order valence-electron chi connectivity index (χ2n) is 3.45. The first-order chi connectivity index (χ1) is 8.07. The van der Waals surface area contributed by atoms with Gasteiger partial charge < -0.3 is 9.90 Å². The quantitative estimate of drug-likeness (QED) is 0.448. The first-order valence-corrected chi connectivity index (χ1v) is 4.73. The molecule has 0 aromatic heterocycles. The Kier molecular flexibility index (Phi) is 2.47. The van der Waals surface area contributed by atoms with Crippen LogP contribution in [0.1, 0.15) is 20.7 Å². The number of amides is 2. The summed E-state index contributed by atoms with van der Waals surface area (Å²) in [5, 5.41) is 8.77. The fraction of sp³-hybridized carbons (Fsp3) is 0.0909. The lowest BCUT2D eigenvalue weighted by molar-refractivity contribution is -0.143. The molecule has 0 aliphatic carbocycles. The molecule has 86 valence electrons. The van der Waals surface area contributed by atoms with E-state index in [4.69, 9.17) is 5.11 Å². The highest BCUT2D eigenvalue weighted by Crippen LogP contribution is 2.23. The zero-order chi connectivity index (χ0) is 12.6. The number of imide groups is 1. The fourth-order valence-electron chi connectivity index (χ4n) is 1.69. The van der Waals surface area contributed by atoms with E-state index in [2.05, 4.69) is 0 Å². The molecule has 1 aliphatic rings. The van der Waals surface area contributed by atoms with E-state index in [1.807, 2.05) is 0 Å². The number of carboxylic acids is 1. The number of aldehydes is 1. The van der Waals surface area contributed by atoms with Gasteiger partial charge in [0.15, 0.2) is 12.3 Å². The minimum absolute atomic E-state index is 0.0595. The van der Waals surface area contributed by atoms with Gasteiger partial charge in [-0.2, -0.15) is 0 Å². The van der Waals surface area contributed by atoms with Crippen LogP contribution in [0.3, 0.4) is 0 Å². The number of carbonyl (C=O) groups is 4. The summed E-state index contributed by atoms with van der Waals surface area (Å²) in [7, 11) is 0. The third kappa shape index (κ3) is 1.50. The molecule has 0 fully saturated rings. The predicted molar refractivity (Wildman–Crippen MR) is 54.4 cm³/mol. The smallest absolute Gasteiger partial charge is 0.334 e. The molecule has 1 N–H and O–H groups in total. The molecule has 6 heteroatoms. The molecule has 6 nitrogen and oxygen atoms in total. The Bertz CT molecular complexity index is 501. The molecule has 1 atom stereocenters. The maximum atomic E-state index is 11.8. The average molecular weight is 233 g/mol. The van der Waals surface area contributed by atoms with Gasteiger partial charge in [0.05, 0.1) is 11.1 Å². The molecule has 0 unspecified atom stereocenters. The van der Waals surface area contributed by atoms with Crippen LogP contribution in [0.5, 0.6) is 0 Å². The van der Waals surface area contributed by atoms with Crippen molar-refractivity contribution in [2.24, 2.45) is 0 Å². The van der Waals surface area contributed by atoms with Gasteiger partial charge in [-0.1, -0.05) is 12.1 Å². The van der Waals surface area contributed by atoms with Gasteiger partial charge in [0.1, 0.15) is 0 Å². The van der Waals surface area contributed by atoms with E-state index in [1.54, 1.807) is 12.1 Å². The number of hydrogen-bond donors (Lipinski definition) is 1. The average Bonchev–Trinajstić information content (AvgIpc) is 2.56. The Morgan fingerprint density at radius 3 is 2.00 bits per heavy atom. The molecule has 1 aliphatic heterocycles. The molecule has 1 aromatic carbocycles. The van der Waals surface area contributed by atoms with Crippen molar-refractivity contribution < 1.29 is 24.3 Å². The number of fused-ring (bicyclic) bond motifs is 1. The number of nitrogens with zero attached hydrogens (tertiary/aromatic N) is 1. The summed E-state index contributed by atoms with van der Waals surface area (Å²) in [6, 6.07) is 4.18. The van der Waals surface area contributed by atoms with Crippen LogP contribution in [-0.4, -0.2) is 40.1 Å². The van der Waals surface area contributed by atoms with E-state index in [1.165, 1.54) is 12.1 Å². The van der Waals surface area contributed by atoms with Gasteiger partial charge >= 0.3 is 5.97 Å². The predicted octanol–water partition coefficient (Wildman–Crippen LogP) is -0.0653. The number of aliphatic carboxylic acids is 1. The zero-order valence-electron chi connectivity index (χ0n) is 8.49. The minimum Gasteiger partial charge on any atom is -0.479 e. The summed E-state index contributed by atoms with van der Waals surface area (Å²) in [4.78, 5) is 45.5. The molecule has 2 amide bonds. The molecule has 0 bridgehead atoms. The van der Waals surface area contributed by atoms with Gasteiger partial charge in [0.25, 0.3) is 11.8 Å². The van der Waals surface area contributed by atoms with Crippen LogP contribution >= 0.6 is 0 Å². The Balaban J connectivity index is 2.49. The van der Waals surface area contributed by atoms with Crippen molar-refractivity contribution in [1.82, 2.24) is 4.90 Å². The second-order valence-corrected chi connectivity index (χ2v) is 3.45. The van der Waals surface area contributed by atoms with E-state index in [9.17, 15) is 19.2 Å². The van der Waals surface area contributed by atoms with E-state index >= 15 is 0 Å². The molecular weight excluding hydrogens is 226 g/mol. The van der Waals surface area contributed by atoms with E-state index in [0.29, 0.717) is 4.90 Å². The summed E-state index contributed by atoms with van der Waals surface area (Å²) in [5.74, 6) is -3.05. The molecule has 1 aromatic rings. The van der Waals surface area contributed by atoms with Crippen LogP contribution in [0.2, 0.25) is 0 Å². The highest BCUT2D eigenvalue weighted by molar-refractivity contribution is 6.24. The maximum Gasteiger partial charge on any atom is 0.334 e. The van der Waals surface area contributed by atoms with Gasteiger partial charge in [0.2, 0.25) is 0 Å². The summed E-state index contributed by atoms with van der Waals surface area (Å²) >= 11 is 0. The lowest BCUT2D eigenvalue weighted by Gasteiger charge is -2.16. The third-order valence-corrected chi connectivity index (χ3v) is 2.49. The Morgan fingerprint density at radius 1 is 1.18 bits per heavy atom. The normalized spacial score (nSPS) is 15.6. The summed E-state index contributed by atoms with van der Waals surface area (Å²) in [5.41, 5.74) is 0.233. The van der Waals surface area contributed by atoms with E-state index < -0.39 is 23.8 Å². The highest BCUT2D eigenvalue weighted by atomic mass is 16.4. The van der Waals surface area contributed by atoms with Crippen molar-refractivity contribution in [2.75, 3.05) is 0 Å². The highest BCUT2D eigenvalue weighted by Gasteiger charge is 2.42. The van der Waals surface area contributed by atoms with Crippen LogP contribution < -0.4 is 0 Å². The lowest BCUT2D eigenvalue weighted by atomic mass is 10.1. The van der Waals surface area contributed by atoms with Crippen molar-refractivity contribution in [3.8, 4) is 0 Å².